The van der Waals surface area contributed by atoms with E-state index in [2.05, 4.69) is 11.3 Å². The number of rotatable bonds is 4. The summed E-state index contributed by atoms with van der Waals surface area (Å²) in [5.74, 6) is -0.574. The maximum Gasteiger partial charge on any atom is 0.335 e. The highest BCUT2D eigenvalue weighted by molar-refractivity contribution is 5.74. The maximum absolute atomic E-state index is 10.8. The Morgan fingerprint density at radius 2 is 2.27 bits per heavy atom. The lowest BCUT2D eigenvalue weighted by atomic mass is 10.1. The van der Waals surface area contributed by atoms with Crippen LogP contribution in [0.3, 0.4) is 0 Å². The molecule has 0 amide bonds. The minimum Gasteiger partial charge on any atom is -0.464 e. The summed E-state index contributed by atoms with van der Waals surface area (Å²) in [6.07, 6.45) is -0.772. The van der Waals surface area contributed by atoms with Crippen molar-refractivity contribution in [2.45, 2.75) is 26.4 Å². The molecule has 0 fully saturated rings. The van der Waals surface area contributed by atoms with Gasteiger partial charge in [0.2, 0.25) is 0 Å². The molecule has 0 saturated heterocycles. The lowest BCUT2D eigenvalue weighted by molar-refractivity contribution is -0.152. The van der Waals surface area contributed by atoms with Crippen LogP contribution < -0.4 is 0 Å². The zero-order valence-electron chi connectivity index (χ0n) is 6.96. The Balaban J connectivity index is 3.73. The van der Waals surface area contributed by atoms with Crippen LogP contribution in [0.25, 0.3) is 0 Å². The average Bonchev–Trinajstić information content (AvgIpc) is 1.86. The van der Waals surface area contributed by atoms with E-state index in [0.717, 1.165) is 5.57 Å². The topological polar surface area (TPSA) is 46.5 Å². The Bertz CT molecular complexity index is 151. The number of hydrogen-bond donors (Lipinski definition) is 1. The summed E-state index contributed by atoms with van der Waals surface area (Å²) in [7, 11) is 0. The molecule has 0 bridgehead atoms. The predicted octanol–water partition coefficient (Wildman–Crippen LogP) is 0.877. The van der Waals surface area contributed by atoms with E-state index >= 15 is 0 Å². The van der Waals surface area contributed by atoms with Gasteiger partial charge in [-0.25, -0.2) is 4.79 Å². The van der Waals surface area contributed by atoms with E-state index in [1.807, 2.05) is 0 Å². The van der Waals surface area contributed by atoms with Gasteiger partial charge in [0.15, 0.2) is 6.10 Å². The van der Waals surface area contributed by atoms with Crippen molar-refractivity contribution in [3.8, 4) is 0 Å². The zero-order chi connectivity index (χ0) is 8.85. The molecule has 0 rings (SSSR count). The molecular weight excluding hydrogens is 144 g/mol. The van der Waals surface area contributed by atoms with E-state index in [4.69, 9.17) is 5.11 Å². The summed E-state index contributed by atoms with van der Waals surface area (Å²) in [5.41, 5.74) is 0.769. The lowest BCUT2D eigenvalue weighted by Crippen LogP contribution is -2.22. The molecule has 0 spiro atoms. The fraction of sp³-hybridized carbons (Fsp3) is 0.625. The molecule has 0 aliphatic carbocycles. The Hall–Kier alpha value is -0.830. The minimum atomic E-state index is -1.05. The molecule has 3 nitrogen and oxygen atoms in total. The van der Waals surface area contributed by atoms with Gasteiger partial charge >= 0.3 is 5.97 Å². The zero-order valence-corrected chi connectivity index (χ0v) is 6.96. The van der Waals surface area contributed by atoms with Crippen molar-refractivity contribution in [1.29, 1.82) is 0 Å². The molecule has 11 heavy (non-hydrogen) atoms. The van der Waals surface area contributed by atoms with Crippen LogP contribution in [0.15, 0.2) is 12.2 Å². The first-order valence-corrected chi connectivity index (χ1v) is 3.57. The highest BCUT2D eigenvalue weighted by Gasteiger charge is 2.15. The summed E-state index contributed by atoms with van der Waals surface area (Å²) in [5, 5.41) is 9.08. The van der Waals surface area contributed by atoms with Crippen LogP contribution >= 0.6 is 0 Å². The molecule has 0 saturated carbocycles. The number of carbonyl (C=O) groups is 1. The van der Waals surface area contributed by atoms with Gasteiger partial charge in [0, 0.05) is 6.42 Å². The van der Waals surface area contributed by atoms with Crippen LogP contribution in [-0.2, 0) is 9.53 Å². The second-order valence-electron chi connectivity index (χ2n) is 2.43. The summed E-state index contributed by atoms with van der Waals surface area (Å²) < 4.78 is 4.57. The van der Waals surface area contributed by atoms with E-state index in [9.17, 15) is 4.79 Å². The molecule has 1 atom stereocenters. The molecule has 0 aromatic rings. The van der Waals surface area contributed by atoms with Crippen LogP contribution in [0, 0.1) is 0 Å². The fourth-order valence-corrected chi connectivity index (χ4v) is 0.652. The van der Waals surface area contributed by atoms with Gasteiger partial charge in [-0.05, 0) is 13.8 Å². The molecule has 0 radical (unpaired) electrons. The number of aliphatic hydroxyl groups excluding tert-OH is 1. The maximum atomic E-state index is 10.8. The molecule has 3 heteroatoms. The monoisotopic (exact) mass is 158 g/mol. The molecule has 0 unspecified atom stereocenters. The van der Waals surface area contributed by atoms with Gasteiger partial charge in [-0.1, -0.05) is 5.57 Å². The van der Waals surface area contributed by atoms with Crippen LogP contribution in [0.2, 0.25) is 0 Å². The number of hydrogen-bond acceptors (Lipinski definition) is 3. The molecular formula is C8H14O3. The van der Waals surface area contributed by atoms with Crippen LogP contribution in [0.5, 0.6) is 0 Å². The van der Waals surface area contributed by atoms with E-state index in [-0.39, 0.29) is 6.42 Å². The average molecular weight is 158 g/mol. The third-order valence-corrected chi connectivity index (χ3v) is 1.10. The third-order valence-electron chi connectivity index (χ3n) is 1.10. The first kappa shape index (κ1) is 10.2. The normalized spacial score (nSPS) is 12.3. The van der Waals surface area contributed by atoms with Gasteiger partial charge in [-0.15, -0.1) is 6.58 Å². The second-order valence-corrected chi connectivity index (χ2v) is 2.43. The van der Waals surface area contributed by atoms with Crippen molar-refractivity contribution in [2.75, 3.05) is 6.61 Å². The Labute approximate surface area is 66.7 Å². The van der Waals surface area contributed by atoms with Crippen LogP contribution in [0.4, 0.5) is 0 Å². The number of aliphatic hydroxyl groups is 1. The third kappa shape index (κ3) is 4.56. The van der Waals surface area contributed by atoms with E-state index in [1.54, 1.807) is 13.8 Å². The van der Waals surface area contributed by atoms with Gasteiger partial charge in [0.25, 0.3) is 0 Å². The van der Waals surface area contributed by atoms with Gasteiger partial charge < -0.3 is 9.84 Å². The standard InChI is InChI=1S/C8H14O3/c1-4-11-8(10)7(9)5-6(2)3/h7,9H,2,4-5H2,1,3H3/t7-/m1/s1. The number of ether oxygens (including phenoxy) is 1. The van der Waals surface area contributed by atoms with Crippen molar-refractivity contribution in [2.24, 2.45) is 0 Å². The number of esters is 1. The van der Waals surface area contributed by atoms with Crippen molar-refractivity contribution in [3.63, 3.8) is 0 Å². The Morgan fingerprint density at radius 1 is 1.73 bits per heavy atom. The highest BCUT2D eigenvalue weighted by atomic mass is 16.5. The van der Waals surface area contributed by atoms with Gasteiger partial charge in [-0.3, -0.25) is 0 Å². The first-order valence-electron chi connectivity index (χ1n) is 3.57. The SMILES string of the molecule is C=C(C)C[C@@H](O)C(=O)OCC. The summed E-state index contributed by atoms with van der Waals surface area (Å²) in [6, 6.07) is 0. The van der Waals surface area contributed by atoms with Gasteiger partial charge in [-0.2, -0.15) is 0 Å². The number of carbonyl (C=O) groups excluding carboxylic acids is 1. The second kappa shape index (κ2) is 4.91. The first-order chi connectivity index (χ1) is 5.07. The lowest BCUT2D eigenvalue weighted by Gasteiger charge is -2.08. The van der Waals surface area contributed by atoms with Crippen molar-refractivity contribution < 1.29 is 14.6 Å². The van der Waals surface area contributed by atoms with Crippen molar-refractivity contribution in [3.05, 3.63) is 12.2 Å². The molecule has 0 heterocycles. The molecule has 0 aromatic carbocycles. The van der Waals surface area contributed by atoms with Crippen molar-refractivity contribution >= 4 is 5.97 Å². The minimum absolute atomic E-state index is 0.277. The summed E-state index contributed by atoms with van der Waals surface area (Å²) in [6.45, 7) is 7.32. The van der Waals surface area contributed by atoms with Crippen LogP contribution in [-0.4, -0.2) is 23.8 Å². The van der Waals surface area contributed by atoms with Crippen LogP contribution in [0.1, 0.15) is 20.3 Å². The Kier molecular flexibility index (Phi) is 4.54. The smallest absolute Gasteiger partial charge is 0.335 e. The fourth-order valence-electron chi connectivity index (χ4n) is 0.652. The summed E-state index contributed by atoms with van der Waals surface area (Å²) >= 11 is 0. The van der Waals surface area contributed by atoms with E-state index in [1.165, 1.54) is 0 Å². The van der Waals surface area contributed by atoms with Crippen molar-refractivity contribution in [1.82, 2.24) is 0 Å². The van der Waals surface area contributed by atoms with Gasteiger partial charge in [0.1, 0.15) is 0 Å². The largest absolute Gasteiger partial charge is 0.464 e. The van der Waals surface area contributed by atoms with E-state index in [0.29, 0.717) is 6.61 Å². The molecule has 64 valence electrons. The van der Waals surface area contributed by atoms with Gasteiger partial charge in [0.05, 0.1) is 6.61 Å². The predicted molar refractivity (Wildman–Crippen MR) is 42.1 cm³/mol. The molecule has 0 aliphatic rings. The highest BCUT2D eigenvalue weighted by Crippen LogP contribution is 2.02. The molecule has 0 aliphatic heterocycles. The van der Waals surface area contributed by atoms with E-state index < -0.39 is 12.1 Å². The summed E-state index contributed by atoms with van der Waals surface area (Å²) in [4.78, 5) is 10.8. The molecule has 0 aromatic heterocycles. The molecule has 1 N–H and O–H groups in total. The quantitative estimate of drug-likeness (QED) is 0.488. The Morgan fingerprint density at radius 3 is 2.64 bits per heavy atom.